The van der Waals surface area contributed by atoms with Crippen LogP contribution in [-0.4, -0.2) is 141 Å². The van der Waals surface area contributed by atoms with Crippen molar-refractivity contribution in [2.45, 2.75) is 127 Å². The van der Waals surface area contributed by atoms with E-state index in [1.807, 2.05) is 0 Å². The lowest BCUT2D eigenvalue weighted by Crippen LogP contribution is -2.61. The average Bonchev–Trinajstić information content (AvgIpc) is 3.61. The van der Waals surface area contributed by atoms with Gasteiger partial charge in [-0.1, -0.05) is 0 Å². The molecule has 22 heteroatoms. The van der Waals surface area contributed by atoms with Crippen LogP contribution in [0, 0.1) is 0 Å². The minimum atomic E-state index is -1.78. The van der Waals surface area contributed by atoms with Crippen LogP contribution in [0.25, 0.3) is 0 Å². The predicted molar refractivity (Wildman–Crippen MR) is 183 cm³/mol. The van der Waals surface area contributed by atoms with Gasteiger partial charge in [0.2, 0.25) is 41.4 Å². The molecule has 1 aliphatic rings. The smallest absolute Gasteiger partial charge is 0.328 e. The summed E-state index contributed by atoms with van der Waals surface area (Å²) in [6.45, 7) is 4.26. The van der Waals surface area contributed by atoms with Crippen LogP contribution in [-0.2, 0) is 43.2 Å². The summed E-state index contributed by atoms with van der Waals surface area (Å²) in [5.41, 5.74) is 10.8. The number of aliphatic hydroxyl groups excluding tert-OH is 2. The molecule has 1 rings (SSSR count). The minimum absolute atomic E-state index is 0.0518. The van der Waals surface area contributed by atoms with Crippen molar-refractivity contribution in [2.24, 2.45) is 11.5 Å². The van der Waals surface area contributed by atoms with E-state index in [0.717, 1.165) is 13.8 Å². The van der Waals surface area contributed by atoms with Gasteiger partial charge >= 0.3 is 11.9 Å². The number of nitrogens with two attached hydrogens (primary N) is 2. The van der Waals surface area contributed by atoms with Crippen LogP contribution in [0.4, 0.5) is 0 Å². The third-order valence-electron chi connectivity index (χ3n) is 8.14. The summed E-state index contributed by atoms with van der Waals surface area (Å²) in [6, 6.07) is -10.0. The highest BCUT2D eigenvalue weighted by molar-refractivity contribution is 5.98. The van der Waals surface area contributed by atoms with E-state index in [9.17, 15) is 63.6 Å². The normalized spacial score (nSPS) is 18.3. The number of carbonyl (C=O) groups is 9. The van der Waals surface area contributed by atoms with E-state index < -0.39 is 127 Å². The van der Waals surface area contributed by atoms with E-state index in [0.29, 0.717) is 32.2 Å². The maximum absolute atomic E-state index is 13.4. The second kappa shape index (κ2) is 22.9. The van der Waals surface area contributed by atoms with E-state index in [2.05, 4.69) is 37.2 Å². The standard InChI is InChI=1S/C31H53N9O13/c1-14(35-29(50)20(13-21(33)43)38-26(47)17-8-6-12-34-17)25(46)36-19(9-10-22(44)45)28(49)39-23(15(2)41)30(51)37-18(7-4-5-11-32)27(48)40-24(16(3)42)31(52)53/h14-20,23-24,34,41-42H,4-13,32H2,1-3H3,(H2,33,43)(H,35,50)(H,36,46)(H,37,51)(H,38,47)(H,39,49)(H,40,48)(H,44,45)(H,52,53)/t14-,15+,16+,17-,18-,19-,20-,23-,24-/m0/s1. The molecular formula is C31H53N9O13. The van der Waals surface area contributed by atoms with Gasteiger partial charge in [-0.05, 0) is 72.4 Å². The van der Waals surface area contributed by atoms with Gasteiger partial charge in [-0.2, -0.15) is 0 Å². The van der Waals surface area contributed by atoms with Crippen LogP contribution >= 0.6 is 0 Å². The van der Waals surface area contributed by atoms with Gasteiger partial charge < -0.3 is 69.1 Å². The van der Waals surface area contributed by atoms with Crippen LogP contribution in [0.2, 0.25) is 0 Å². The maximum Gasteiger partial charge on any atom is 0.328 e. The second-order valence-electron chi connectivity index (χ2n) is 12.7. The van der Waals surface area contributed by atoms with Gasteiger partial charge in [0.25, 0.3) is 0 Å². The van der Waals surface area contributed by atoms with Crippen molar-refractivity contribution < 1.29 is 63.6 Å². The van der Waals surface area contributed by atoms with Crippen LogP contribution in [0.15, 0.2) is 0 Å². The highest BCUT2D eigenvalue weighted by Gasteiger charge is 2.35. The van der Waals surface area contributed by atoms with Crippen molar-refractivity contribution in [1.29, 1.82) is 0 Å². The summed E-state index contributed by atoms with van der Waals surface area (Å²) in [7, 11) is 0. The highest BCUT2D eigenvalue weighted by atomic mass is 16.4. The molecule has 0 spiro atoms. The van der Waals surface area contributed by atoms with Crippen molar-refractivity contribution >= 4 is 53.3 Å². The van der Waals surface area contributed by atoms with Gasteiger partial charge in [0.15, 0.2) is 6.04 Å². The van der Waals surface area contributed by atoms with Gasteiger partial charge in [-0.25, -0.2) is 4.79 Å². The number of primary amides is 1. The molecule has 0 radical (unpaired) electrons. The van der Waals surface area contributed by atoms with Crippen LogP contribution in [0.1, 0.15) is 72.1 Å². The fraction of sp³-hybridized carbons (Fsp3) is 0.710. The van der Waals surface area contributed by atoms with Gasteiger partial charge in [-0.3, -0.25) is 38.4 Å². The molecule has 1 saturated heterocycles. The van der Waals surface area contributed by atoms with Crippen molar-refractivity contribution in [2.75, 3.05) is 13.1 Å². The van der Waals surface area contributed by atoms with Gasteiger partial charge in [0.05, 0.1) is 24.7 Å². The Kier molecular flexibility index (Phi) is 19.9. The Morgan fingerprint density at radius 2 is 1.25 bits per heavy atom. The first-order valence-electron chi connectivity index (χ1n) is 17.1. The van der Waals surface area contributed by atoms with Gasteiger partial charge in [0, 0.05) is 6.42 Å². The van der Waals surface area contributed by atoms with Gasteiger partial charge in [-0.15, -0.1) is 0 Å². The van der Waals surface area contributed by atoms with Crippen LogP contribution in [0.5, 0.6) is 0 Å². The molecule has 15 N–H and O–H groups in total. The first-order valence-corrected chi connectivity index (χ1v) is 17.1. The fourth-order valence-electron chi connectivity index (χ4n) is 5.13. The maximum atomic E-state index is 13.4. The topological polar surface area (TPSA) is 371 Å². The molecule has 9 atom stereocenters. The number of unbranched alkanes of at least 4 members (excludes halogenated alkanes) is 1. The molecule has 300 valence electrons. The van der Waals surface area contributed by atoms with Crippen molar-refractivity contribution in [1.82, 2.24) is 37.2 Å². The molecule has 22 nitrogen and oxygen atoms in total. The third kappa shape index (κ3) is 16.5. The fourth-order valence-corrected chi connectivity index (χ4v) is 5.13. The summed E-state index contributed by atoms with van der Waals surface area (Å²) in [5, 5.41) is 55.4. The summed E-state index contributed by atoms with van der Waals surface area (Å²) in [4.78, 5) is 113. The molecule has 7 amide bonds. The number of hydrogen-bond acceptors (Lipinski definition) is 13. The number of hydrogen-bond donors (Lipinski definition) is 13. The molecule has 0 saturated carbocycles. The number of carbonyl (C=O) groups excluding carboxylic acids is 7. The van der Waals surface area contributed by atoms with E-state index in [-0.39, 0.29) is 13.0 Å². The summed E-state index contributed by atoms with van der Waals surface area (Å²) in [5.74, 6) is -9.58. The largest absolute Gasteiger partial charge is 0.481 e. The van der Waals surface area contributed by atoms with Crippen molar-refractivity contribution in [3.05, 3.63) is 0 Å². The molecule has 53 heavy (non-hydrogen) atoms. The number of aliphatic hydroxyl groups is 2. The Morgan fingerprint density at radius 3 is 1.74 bits per heavy atom. The van der Waals surface area contributed by atoms with E-state index in [4.69, 9.17) is 11.5 Å². The first kappa shape index (κ1) is 46.1. The molecule has 0 unspecified atom stereocenters. The van der Waals surface area contributed by atoms with Gasteiger partial charge in [0.1, 0.15) is 30.2 Å². The molecule has 0 aliphatic carbocycles. The van der Waals surface area contributed by atoms with Crippen molar-refractivity contribution in [3.8, 4) is 0 Å². The monoisotopic (exact) mass is 759 g/mol. The molecule has 1 fully saturated rings. The van der Waals surface area contributed by atoms with E-state index in [1.54, 1.807) is 0 Å². The van der Waals surface area contributed by atoms with Crippen LogP contribution < -0.4 is 48.7 Å². The Bertz CT molecular complexity index is 1320. The lowest BCUT2D eigenvalue weighted by atomic mass is 10.0. The summed E-state index contributed by atoms with van der Waals surface area (Å²) in [6.07, 6.45) is -3.03. The molecule has 0 aromatic carbocycles. The molecule has 0 bridgehead atoms. The zero-order valence-corrected chi connectivity index (χ0v) is 29.9. The van der Waals surface area contributed by atoms with Crippen molar-refractivity contribution in [3.63, 3.8) is 0 Å². The minimum Gasteiger partial charge on any atom is -0.481 e. The molecular weight excluding hydrogens is 706 g/mol. The summed E-state index contributed by atoms with van der Waals surface area (Å²) >= 11 is 0. The Hall–Kier alpha value is -4.93. The number of carboxylic acid groups (broad SMARTS) is 2. The SMILES string of the molecule is C[C@H](NC(=O)[C@H](CC(N)=O)NC(=O)[C@@H]1CCCN1)C(=O)N[C@@H](CCC(=O)O)C(=O)N[C@H](C(=O)N[C@@H](CCCCN)C(=O)N[C@H](C(=O)O)[C@@H](C)O)[C@@H](C)O. The lowest BCUT2D eigenvalue weighted by Gasteiger charge is -2.28. The summed E-state index contributed by atoms with van der Waals surface area (Å²) < 4.78 is 0. The number of rotatable bonds is 24. The average molecular weight is 760 g/mol. The molecule has 0 aromatic heterocycles. The highest BCUT2D eigenvalue weighted by Crippen LogP contribution is 2.08. The number of carboxylic acids is 2. The third-order valence-corrected chi connectivity index (χ3v) is 8.14. The Labute approximate surface area is 305 Å². The second-order valence-corrected chi connectivity index (χ2v) is 12.7. The molecule has 1 heterocycles. The Morgan fingerprint density at radius 1 is 0.698 bits per heavy atom. The Balaban J connectivity index is 3.12. The first-order chi connectivity index (χ1) is 24.8. The number of nitrogens with one attached hydrogen (secondary N) is 7. The predicted octanol–water partition coefficient (Wildman–Crippen LogP) is -5.62. The lowest BCUT2D eigenvalue weighted by molar-refractivity contribution is -0.145. The van der Waals surface area contributed by atoms with Crippen LogP contribution in [0.3, 0.4) is 0 Å². The van der Waals surface area contributed by atoms with E-state index >= 15 is 0 Å². The number of aliphatic carboxylic acids is 2. The molecule has 0 aromatic rings. The zero-order chi connectivity index (χ0) is 40.4. The van der Waals surface area contributed by atoms with E-state index in [1.165, 1.54) is 6.92 Å². The zero-order valence-electron chi connectivity index (χ0n) is 29.9. The number of amides is 7. The quantitative estimate of drug-likeness (QED) is 0.0408. The molecule has 1 aliphatic heterocycles.